The average molecular weight is 178 g/mol. The van der Waals surface area contributed by atoms with Crippen LogP contribution in [0.15, 0.2) is 18.2 Å². The number of ether oxygens (including phenoxy) is 1. The van der Waals surface area contributed by atoms with Crippen molar-refractivity contribution in [2.75, 3.05) is 7.11 Å². The lowest BCUT2D eigenvalue weighted by Gasteiger charge is -2.06. The maximum atomic E-state index is 13.2. The Kier molecular flexibility index (Phi) is 2.92. The molecule has 1 aromatic rings. The lowest BCUT2D eigenvalue weighted by Crippen LogP contribution is -1.93. The van der Waals surface area contributed by atoms with Crippen molar-refractivity contribution in [1.82, 2.24) is 0 Å². The minimum atomic E-state index is -0.373. The molecule has 2 heteroatoms. The van der Waals surface area contributed by atoms with E-state index in [-0.39, 0.29) is 17.5 Å². The quantitative estimate of drug-likeness (QED) is 0.632. The van der Waals surface area contributed by atoms with Gasteiger partial charge in [0.15, 0.2) is 11.6 Å². The molecule has 0 aromatic heterocycles. The second-order valence-corrected chi connectivity index (χ2v) is 2.78. The number of rotatable bonds is 2. The van der Waals surface area contributed by atoms with E-state index in [1.165, 1.54) is 13.2 Å². The molecule has 0 saturated heterocycles. The number of benzene rings is 1. The van der Waals surface area contributed by atoms with Gasteiger partial charge in [0.05, 0.1) is 7.11 Å². The Bertz CT molecular complexity index is 338. The Morgan fingerprint density at radius 1 is 1.54 bits per heavy atom. The van der Waals surface area contributed by atoms with Gasteiger partial charge < -0.3 is 4.74 Å². The van der Waals surface area contributed by atoms with Crippen molar-refractivity contribution in [2.24, 2.45) is 0 Å². The van der Waals surface area contributed by atoms with Crippen molar-refractivity contribution in [3.05, 3.63) is 29.6 Å². The van der Waals surface area contributed by atoms with Gasteiger partial charge in [0.2, 0.25) is 0 Å². The predicted molar refractivity (Wildman–Crippen MR) is 50.2 cm³/mol. The van der Waals surface area contributed by atoms with Gasteiger partial charge in [0, 0.05) is 5.92 Å². The zero-order valence-corrected chi connectivity index (χ0v) is 7.67. The number of halogens is 1. The first kappa shape index (κ1) is 9.60. The number of terminal acetylenes is 1. The molecule has 1 unspecified atom stereocenters. The summed E-state index contributed by atoms with van der Waals surface area (Å²) in [6, 6.07) is 4.76. The van der Waals surface area contributed by atoms with Gasteiger partial charge in [-0.3, -0.25) is 0 Å². The van der Waals surface area contributed by atoms with Crippen LogP contribution in [0.5, 0.6) is 5.75 Å². The first-order valence-electron chi connectivity index (χ1n) is 3.98. The number of hydrogen-bond donors (Lipinski definition) is 0. The third-order valence-corrected chi connectivity index (χ3v) is 1.93. The molecule has 1 nitrogen and oxygen atoms in total. The number of methoxy groups -OCH3 is 1. The summed E-state index contributed by atoms with van der Waals surface area (Å²) < 4.78 is 17.9. The van der Waals surface area contributed by atoms with Crippen LogP contribution < -0.4 is 4.74 Å². The van der Waals surface area contributed by atoms with E-state index < -0.39 is 0 Å². The molecule has 0 saturated carbocycles. The third kappa shape index (κ3) is 2.00. The molecule has 1 aromatic carbocycles. The van der Waals surface area contributed by atoms with E-state index in [0.29, 0.717) is 0 Å². The highest BCUT2D eigenvalue weighted by Crippen LogP contribution is 2.22. The minimum absolute atomic E-state index is 0.0691. The van der Waals surface area contributed by atoms with Gasteiger partial charge in [-0.1, -0.05) is 12.0 Å². The highest BCUT2D eigenvalue weighted by molar-refractivity contribution is 5.33. The van der Waals surface area contributed by atoms with Crippen LogP contribution in [0.1, 0.15) is 18.4 Å². The maximum Gasteiger partial charge on any atom is 0.165 e. The molecule has 0 bridgehead atoms. The second-order valence-electron chi connectivity index (χ2n) is 2.78. The molecular formula is C11H11FO. The van der Waals surface area contributed by atoms with E-state index in [0.717, 1.165) is 5.56 Å². The molecule has 0 aliphatic rings. The van der Waals surface area contributed by atoms with E-state index in [4.69, 9.17) is 11.2 Å². The van der Waals surface area contributed by atoms with Crippen LogP contribution in [0.3, 0.4) is 0 Å². The van der Waals surface area contributed by atoms with E-state index in [1.807, 2.05) is 6.92 Å². The van der Waals surface area contributed by atoms with Crippen molar-refractivity contribution >= 4 is 0 Å². The molecule has 0 radical (unpaired) electrons. The molecule has 0 aliphatic carbocycles. The molecule has 0 heterocycles. The summed E-state index contributed by atoms with van der Waals surface area (Å²) in [7, 11) is 1.43. The zero-order chi connectivity index (χ0) is 9.84. The highest BCUT2D eigenvalue weighted by atomic mass is 19.1. The van der Waals surface area contributed by atoms with Crippen LogP contribution in [0.2, 0.25) is 0 Å². The SMILES string of the molecule is C#CC(C)c1ccc(OC)c(F)c1. The van der Waals surface area contributed by atoms with Crippen molar-refractivity contribution in [1.29, 1.82) is 0 Å². The fourth-order valence-corrected chi connectivity index (χ4v) is 1.05. The van der Waals surface area contributed by atoms with E-state index >= 15 is 0 Å². The summed E-state index contributed by atoms with van der Waals surface area (Å²) in [5.74, 6) is 2.34. The third-order valence-electron chi connectivity index (χ3n) is 1.93. The topological polar surface area (TPSA) is 9.23 Å². The summed E-state index contributed by atoms with van der Waals surface area (Å²) in [5.41, 5.74) is 0.792. The maximum absolute atomic E-state index is 13.2. The van der Waals surface area contributed by atoms with Gasteiger partial charge in [-0.2, -0.15) is 0 Å². The summed E-state index contributed by atoms with van der Waals surface area (Å²) in [4.78, 5) is 0. The first-order chi connectivity index (χ1) is 6.19. The zero-order valence-electron chi connectivity index (χ0n) is 7.67. The van der Waals surface area contributed by atoms with Crippen LogP contribution in [-0.2, 0) is 0 Å². The van der Waals surface area contributed by atoms with Gasteiger partial charge in [0.25, 0.3) is 0 Å². The van der Waals surface area contributed by atoms with E-state index in [9.17, 15) is 4.39 Å². The molecule has 0 fully saturated rings. The number of hydrogen-bond acceptors (Lipinski definition) is 1. The largest absolute Gasteiger partial charge is 0.494 e. The highest BCUT2D eigenvalue weighted by Gasteiger charge is 2.06. The molecule has 13 heavy (non-hydrogen) atoms. The predicted octanol–water partition coefficient (Wildman–Crippen LogP) is 2.57. The van der Waals surface area contributed by atoms with E-state index in [1.54, 1.807) is 12.1 Å². The second kappa shape index (κ2) is 3.95. The fraction of sp³-hybridized carbons (Fsp3) is 0.273. The van der Waals surface area contributed by atoms with Crippen LogP contribution in [0.4, 0.5) is 4.39 Å². The Morgan fingerprint density at radius 2 is 2.23 bits per heavy atom. The van der Waals surface area contributed by atoms with Crippen LogP contribution in [0.25, 0.3) is 0 Å². The summed E-state index contributed by atoms with van der Waals surface area (Å²) in [6.07, 6.45) is 5.22. The van der Waals surface area contributed by atoms with Crippen LogP contribution >= 0.6 is 0 Å². The molecule has 1 atom stereocenters. The first-order valence-corrected chi connectivity index (χ1v) is 3.98. The summed E-state index contributed by atoms with van der Waals surface area (Å²) in [5, 5.41) is 0. The molecule has 0 spiro atoms. The minimum Gasteiger partial charge on any atom is -0.494 e. The molecule has 0 N–H and O–H groups in total. The Balaban J connectivity index is 3.04. The van der Waals surface area contributed by atoms with Crippen molar-refractivity contribution in [3.63, 3.8) is 0 Å². The normalized spacial score (nSPS) is 11.8. The molecule has 68 valence electrons. The molecule has 1 rings (SSSR count). The lowest BCUT2D eigenvalue weighted by molar-refractivity contribution is 0.386. The van der Waals surface area contributed by atoms with Crippen molar-refractivity contribution < 1.29 is 9.13 Å². The van der Waals surface area contributed by atoms with Gasteiger partial charge >= 0.3 is 0 Å². The van der Waals surface area contributed by atoms with Crippen LogP contribution in [0, 0.1) is 18.2 Å². The molecule has 0 amide bonds. The van der Waals surface area contributed by atoms with Gasteiger partial charge in [-0.05, 0) is 24.6 Å². The van der Waals surface area contributed by atoms with Gasteiger partial charge in [0.1, 0.15) is 0 Å². The summed E-state index contributed by atoms with van der Waals surface area (Å²) >= 11 is 0. The lowest BCUT2D eigenvalue weighted by atomic mass is 10.0. The molecular weight excluding hydrogens is 167 g/mol. The fourth-order valence-electron chi connectivity index (χ4n) is 1.05. The van der Waals surface area contributed by atoms with Crippen molar-refractivity contribution in [2.45, 2.75) is 12.8 Å². The molecule has 0 aliphatic heterocycles. The Morgan fingerprint density at radius 3 is 2.69 bits per heavy atom. The Hall–Kier alpha value is -1.49. The average Bonchev–Trinajstić information content (AvgIpc) is 2.16. The van der Waals surface area contributed by atoms with E-state index in [2.05, 4.69) is 5.92 Å². The van der Waals surface area contributed by atoms with Gasteiger partial charge in [-0.25, -0.2) is 4.39 Å². The standard InChI is InChI=1S/C11H11FO/c1-4-8(2)9-5-6-11(13-3)10(12)7-9/h1,5-8H,2-3H3. The summed E-state index contributed by atoms with van der Waals surface area (Å²) in [6.45, 7) is 1.85. The van der Waals surface area contributed by atoms with Crippen molar-refractivity contribution in [3.8, 4) is 18.1 Å². The van der Waals surface area contributed by atoms with Gasteiger partial charge in [-0.15, -0.1) is 6.42 Å². The Labute approximate surface area is 77.5 Å². The monoisotopic (exact) mass is 178 g/mol. The van der Waals surface area contributed by atoms with Crippen LogP contribution in [-0.4, -0.2) is 7.11 Å². The smallest absolute Gasteiger partial charge is 0.165 e.